The van der Waals surface area contributed by atoms with E-state index in [4.69, 9.17) is 10.00 Å². The van der Waals surface area contributed by atoms with Gasteiger partial charge in [0.1, 0.15) is 17.4 Å². The number of benzene rings is 1. The van der Waals surface area contributed by atoms with Gasteiger partial charge in [-0.15, -0.1) is 0 Å². The normalized spacial score (nSPS) is 13.2. The standard InChI is InChI=1S/C17H16N4O5/c18-10-12-11-20(13-2-3-13)17(23)19(16(12)22)8-1-9-26-15-6-4-14(5-7-15)21(24)25/h4-7,11,13H,1-3,8-9H2. The van der Waals surface area contributed by atoms with Gasteiger partial charge in [-0.3, -0.25) is 24.0 Å². The van der Waals surface area contributed by atoms with E-state index in [2.05, 4.69) is 0 Å². The second-order valence-corrected chi connectivity index (χ2v) is 5.99. The zero-order valence-electron chi connectivity index (χ0n) is 13.8. The number of nitro benzene ring substituents is 1. The van der Waals surface area contributed by atoms with Crippen LogP contribution in [0.25, 0.3) is 0 Å². The van der Waals surface area contributed by atoms with E-state index in [1.807, 2.05) is 6.07 Å². The summed E-state index contributed by atoms with van der Waals surface area (Å²) in [7, 11) is 0. The Labute approximate surface area is 147 Å². The molecule has 134 valence electrons. The fraction of sp³-hybridized carbons (Fsp3) is 0.353. The van der Waals surface area contributed by atoms with Crippen molar-refractivity contribution in [3.8, 4) is 11.8 Å². The molecule has 2 aromatic rings. The predicted octanol–water partition coefficient (Wildman–Crippen LogP) is 1.59. The lowest BCUT2D eigenvalue weighted by Gasteiger charge is -2.11. The summed E-state index contributed by atoms with van der Waals surface area (Å²) in [6.07, 6.45) is 3.45. The molecule has 0 unspecified atom stereocenters. The molecule has 1 aliphatic rings. The van der Waals surface area contributed by atoms with Crippen LogP contribution in [0.1, 0.15) is 30.9 Å². The second kappa shape index (κ2) is 7.23. The molecule has 1 aliphatic carbocycles. The first-order valence-corrected chi connectivity index (χ1v) is 8.14. The minimum absolute atomic E-state index is 0.0298. The highest BCUT2D eigenvalue weighted by molar-refractivity contribution is 5.35. The van der Waals surface area contributed by atoms with Crippen LogP contribution in [0.5, 0.6) is 5.75 Å². The Morgan fingerprint density at radius 3 is 2.54 bits per heavy atom. The average Bonchev–Trinajstić information content (AvgIpc) is 3.46. The number of non-ortho nitro benzene ring substituents is 1. The van der Waals surface area contributed by atoms with E-state index in [0.717, 1.165) is 17.4 Å². The third kappa shape index (κ3) is 3.64. The molecule has 1 heterocycles. The fourth-order valence-corrected chi connectivity index (χ4v) is 2.59. The Morgan fingerprint density at radius 2 is 1.96 bits per heavy atom. The summed E-state index contributed by atoms with van der Waals surface area (Å²) < 4.78 is 8.00. The smallest absolute Gasteiger partial charge is 0.331 e. The van der Waals surface area contributed by atoms with Gasteiger partial charge in [0.25, 0.3) is 11.2 Å². The van der Waals surface area contributed by atoms with Gasteiger partial charge in [-0.25, -0.2) is 4.79 Å². The number of ether oxygens (including phenoxy) is 1. The molecule has 0 bridgehead atoms. The van der Waals surface area contributed by atoms with E-state index in [9.17, 15) is 19.7 Å². The minimum atomic E-state index is -0.593. The quantitative estimate of drug-likeness (QED) is 0.422. The highest BCUT2D eigenvalue weighted by atomic mass is 16.6. The molecule has 1 aromatic carbocycles. The number of nitriles is 1. The van der Waals surface area contributed by atoms with Crippen molar-refractivity contribution in [2.24, 2.45) is 0 Å². The van der Waals surface area contributed by atoms with Crippen molar-refractivity contribution in [2.75, 3.05) is 6.61 Å². The summed E-state index contributed by atoms with van der Waals surface area (Å²) in [6.45, 7) is 0.358. The Bertz CT molecular complexity index is 980. The number of nitro groups is 1. The van der Waals surface area contributed by atoms with Gasteiger partial charge in [-0.1, -0.05) is 0 Å². The molecular formula is C17H16N4O5. The molecule has 9 heteroatoms. The van der Waals surface area contributed by atoms with Gasteiger partial charge in [0.15, 0.2) is 0 Å². The first kappa shape index (κ1) is 17.4. The first-order chi connectivity index (χ1) is 12.5. The van der Waals surface area contributed by atoms with E-state index < -0.39 is 16.2 Å². The molecule has 1 saturated carbocycles. The van der Waals surface area contributed by atoms with E-state index >= 15 is 0 Å². The van der Waals surface area contributed by atoms with Crippen LogP contribution >= 0.6 is 0 Å². The molecule has 0 saturated heterocycles. The Kier molecular flexibility index (Phi) is 4.84. The first-order valence-electron chi connectivity index (χ1n) is 8.14. The predicted molar refractivity (Wildman–Crippen MR) is 91.2 cm³/mol. The molecule has 9 nitrogen and oxygen atoms in total. The second-order valence-electron chi connectivity index (χ2n) is 5.99. The molecule has 3 rings (SSSR count). The molecule has 1 aromatic heterocycles. The van der Waals surface area contributed by atoms with E-state index in [0.29, 0.717) is 12.2 Å². The molecule has 0 N–H and O–H groups in total. The van der Waals surface area contributed by atoms with Gasteiger partial charge >= 0.3 is 5.69 Å². The summed E-state index contributed by atoms with van der Waals surface area (Å²) >= 11 is 0. The lowest BCUT2D eigenvalue weighted by Crippen LogP contribution is -2.41. The average molecular weight is 356 g/mol. The molecule has 26 heavy (non-hydrogen) atoms. The number of hydrogen-bond donors (Lipinski definition) is 0. The third-order valence-corrected chi connectivity index (χ3v) is 4.10. The van der Waals surface area contributed by atoms with Gasteiger partial charge in [0.05, 0.1) is 11.5 Å². The summed E-state index contributed by atoms with van der Waals surface area (Å²) in [5.74, 6) is 0.462. The number of aromatic nitrogens is 2. The largest absolute Gasteiger partial charge is 0.494 e. The molecule has 0 aliphatic heterocycles. The van der Waals surface area contributed by atoms with Crippen molar-refractivity contribution < 1.29 is 9.66 Å². The van der Waals surface area contributed by atoms with Crippen LogP contribution in [0, 0.1) is 21.4 Å². The van der Waals surface area contributed by atoms with E-state index in [-0.39, 0.29) is 30.4 Å². The van der Waals surface area contributed by atoms with Gasteiger partial charge in [-0.2, -0.15) is 5.26 Å². The lowest BCUT2D eigenvalue weighted by atomic mass is 10.3. The van der Waals surface area contributed by atoms with Gasteiger partial charge in [-0.05, 0) is 31.4 Å². The lowest BCUT2D eigenvalue weighted by molar-refractivity contribution is -0.384. The van der Waals surface area contributed by atoms with Crippen molar-refractivity contribution in [3.63, 3.8) is 0 Å². The van der Waals surface area contributed by atoms with Crippen LogP contribution in [0.15, 0.2) is 40.1 Å². The van der Waals surface area contributed by atoms with Crippen LogP contribution in [0.4, 0.5) is 5.69 Å². The Balaban J connectivity index is 1.65. The number of rotatable bonds is 7. The maximum atomic E-state index is 12.4. The van der Waals surface area contributed by atoms with Gasteiger partial charge < -0.3 is 4.74 Å². The van der Waals surface area contributed by atoms with Crippen LogP contribution < -0.4 is 16.0 Å². The summed E-state index contributed by atoms with van der Waals surface area (Å²) in [5.41, 5.74) is -1.08. The van der Waals surface area contributed by atoms with Gasteiger partial charge in [0, 0.05) is 30.9 Å². The van der Waals surface area contributed by atoms with Crippen LogP contribution in [0.3, 0.4) is 0 Å². The molecule has 0 atom stereocenters. The molecular weight excluding hydrogens is 340 g/mol. The highest BCUT2D eigenvalue weighted by Gasteiger charge is 2.26. The monoisotopic (exact) mass is 356 g/mol. The van der Waals surface area contributed by atoms with Crippen molar-refractivity contribution in [1.29, 1.82) is 5.26 Å². The molecule has 0 radical (unpaired) electrons. The van der Waals surface area contributed by atoms with Crippen LogP contribution in [-0.4, -0.2) is 20.7 Å². The molecule has 1 fully saturated rings. The van der Waals surface area contributed by atoms with Crippen molar-refractivity contribution in [2.45, 2.75) is 31.8 Å². The maximum absolute atomic E-state index is 12.4. The Morgan fingerprint density at radius 1 is 1.27 bits per heavy atom. The van der Waals surface area contributed by atoms with Crippen LogP contribution in [0.2, 0.25) is 0 Å². The minimum Gasteiger partial charge on any atom is -0.494 e. The van der Waals surface area contributed by atoms with Crippen molar-refractivity contribution in [3.05, 3.63) is 67.0 Å². The van der Waals surface area contributed by atoms with Crippen molar-refractivity contribution in [1.82, 2.24) is 9.13 Å². The maximum Gasteiger partial charge on any atom is 0.331 e. The SMILES string of the molecule is N#Cc1cn(C2CC2)c(=O)n(CCCOc2ccc([N+](=O)[O-])cc2)c1=O. The Hall–Kier alpha value is -3.41. The summed E-state index contributed by atoms with van der Waals surface area (Å²) in [4.78, 5) is 34.7. The zero-order valence-corrected chi connectivity index (χ0v) is 13.8. The van der Waals surface area contributed by atoms with Gasteiger partial charge in [0.2, 0.25) is 0 Å². The topological polar surface area (TPSA) is 120 Å². The van der Waals surface area contributed by atoms with Crippen LogP contribution in [-0.2, 0) is 6.54 Å². The fourth-order valence-electron chi connectivity index (χ4n) is 2.59. The highest BCUT2D eigenvalue weighted by Crippen LogP contribution is 2.33. The number of nitrogens with zero attached hydrogens (tertiary/aromatic N) is 4. The van der Waals surface area contributed by atoms with Crippen molar-refractivity contribution >= 4 is 5.69 Å². The summed E-state index contributed by atoms with van der Waals surface area (Å²) in [6, 6.07) is 7.55. The van der Waals surface area contributed by atoms with E-state index in [1.54, 1.807) is 0 Å². The van der Waals surface area contributed by atoms with E-state index in [1.165, 1.54) is 35.0 Å². The number of hydrogen-bond acceptors (Lipinski definition) is 6. The molecule has 0 spiro atoms. The zero-order chi connectivity index (χ0) is 18.7. The third-order valence-electron chi connectivity index (χ3n) is 4.10. The molecule has 0 amide bonds. The summed E-state index contributed by atoms with van der Waals surface area (Å²) in [5, 5.41) is 19.7.